The van der Waals surface area contributed by atoms with Crippen molar-refractivity contribution >= 4 is 17.5 Å². The van der Waals surface area contributed by atoms with Crippen molar-refractivity contribution in [2.45, 2.75) is 0 Å². The lowest BCUT2D eigenvalue weighted by Gasteiger charge is -2.11. The standard InChI is InChI=1S/C18H15FN2O/c1-21(2)17-9-3-13(4-10-17)11-15(12-20)18(22)14-5-7-16(19)8-6-14/h3-11H,1-2H3/b15-11+. The van der Waals surface area contributed by atoms with Gasteiger partial charge in [-0.2, -0.15) is 5.26 Å². The maximum atomic E-state index is 12.9. The number of allylic oxidation sites excluding steroid dienone is 1. The Labute approximate surface area is 128 Å². The van der Waals surface area contributed by atoms with Gasteiger partial charge in [-0.15, -0.1) is 0 Å². The smallest absolute Gasteiger partial charge is 0.203 e. The largest absolute Gasteiger partial charge is 0.378 e. The normalized spacial score (nSPS) is 10.9. The predicted molar refractivity (Wildman–Crippen MR) is 85.1 cm³/mol. The van der Waals surface area contributed by atoms with Gasteiger partial charge >= 0.3 is 0 Å². The molecule has 0 aliphatic carbocycles. The highest BCUT2D eigenvalue weighted by Crippen LogP contribution is 2.16. The molecule has 0 N–H and O–H groups in total. The predicted octanol–water partition coefficient (Wildman–Crippen LogP) is 3.68. The Bertz CT molecular complexity index is 738. The molecule has 0 unspecified atom stereocenters. The van der Waals surface area contributed by atoms with Gasteiger partial charge < -0.3 is 4.90 Å². The second kappa shape index (κ2) is 6.68. The third-order valence-electron chi connectivity index (χ3n) is 3.19. The Morgan fingerprint density at radius 1 is 1.09 bits per heavy atom. The van der Waals surface area contributed by atoms with Crippen LogP contribution in [0.4, 0.5) is 10.1 Å². The first-order valence-electron chi connectivity index (χ1n) is 6.70. The molecular formula is C18H15FN2O. The van der Waals surface area contributed by atoms with E-state index in [9.17, 15) is 14.4 Å². The highest BCUT2D eigenvalue weighted by molar-refractivity contribution is 6.14. The molecule has 3 nitrogen and oxygen atoms in total. The fourth-order valence-corrected chi connectivity index (χ4v) is 1.94. The van der Waals surface area contributed by atoms with Gasteiger partial charge in [0.1, 0.15) is 17.5 Å². The lowest BCUT2D eigenvalue weighted by molar-refractivity contribution is 0.104. The van der Waals surface area contributed by atoms with Crippen molar-refractivity contribution in [3.63, 3.8) is 0 Å². The van der Waals surface area contributed by atoms with Gasteiger partial charge in [-0.3, -0.25) is 4.79 Å². The van der Waals surface area contributed by atoms with Crippen molar-refractivity contribution in [3.8, 4) is 6.07 Å². The van der Waals surface area contributed by atoms with E-state index in [1.165, 1.54) is 30.3 Å². The number of rotatable bonds is 4. The summed E-state index contributed by atoms with van der Waals surface area (Å²) in [6.07, 6.45) is 1.53. The van der Waals surface area contributed by atoms with Crippen molar-refractivity contribution < 1.29 is 9.18 Å². The lowest BCUT2D eigenvalue weighted by atomic mass is 10.0. The number of halogens is 1. The maximum Gasteiger partial charge on any atom is 0.203 e. The van der Waals surface area contributed by atoms with Gasteiger partial charge in [0.05, 0.1) is 0 Å². The molecule has 0 saturated carbocycles. The molecule has 2 rings (SSSR count). The Hall–Kier alpha value is -2.93. The Balaban J connectivity index is 2.29. The van der Waals surface area contributed by atoms with Crippen LogP contribution in [0.15, 0.2) is 54.1 Å². The van der Waals surface area contributed by atoms with Crippen LogP contribution < -0.4 is 4.90 Å². The molecular weight excluding hydrogens is 279 g/mol. The van der Waals surface area contributed by atoms with Crippen LogP contribution in [0.2, 0.25) is 0 Å². The van der Waals surface area contributed by atoms with Crippen LogP contribution in [-0.2, 0) is 0 Å². The molecule has 0 saturated heterocycles. The number of carbonyl (C=O) groups is 1. The number of carbonyl (C=O) groups excluding carboxylic acids is 1. The van der Waals surface area contributed by atoms with Crippen LogP contribution in [-0.4, -0.2) is 19.9 Å². The minimum Gasteiger partial charge on any atom is -0.378 e. The SMILES string of the molecule is CN(C)c1ccc(/C=C(\C#N)C(=O)c2ccc(F)cc2)cc1. The number of anilines is 1. The zero-order valence-electron chi connectivity index (χ0n) is 12.4. The van der Waals surface area contributed by atoms with E-state index in [1.807, 2.05) is 49.3 Å². The number of hydrogen-bond acceptors (Lipinski definition) is 3. The van der Waals surface area contributed by atoms with Gasteiger partial charge in [-0.25, -0.2) is 4.39 Å². The minimum absolute atomic E-state index is 0.0178. The molecule has 4 heteroatoms. The highest BCUT2D eigenvalue weighted by atomic mass is 19.1. The van der Waals surface area contributed by atoms with Gasteiger partial charge in [0.2, 0.25) is 5.78 Å². The molecule has 0 heterocycles. The fourth-order valence-electron chi connectivity index (χ4n) is 1.94. The molecule has 110 valence electrons. The molecule has 0 bridgehead atoms. The van der Waals surface area contributed by atoms with Gasteiger partial charge in [-0.05, 0) is 48.0 Å². The van der Waals surface area contributed by atoms with Gasteiger partial charge in [0, 0.05) is 25.3 Å². The van der Waals surface area contributed by atoms with Crippen LogP contribution >= 0.6 is 0 Å². The summed E-state index contributed by atoms with van der Waals surface area (Å²) in [6.45, 7) is 0. The summed E-state index contributed by atoms with van der Waals surface area (Å²) in [5, 5.41) is 9.20. The number of nitriles is 1. The van der Waals surface area contributed by atoms with Crippen molar-refractivity contribution in [2.24, 2.45) is 0 Å². The summed E-state index contributed by atoms with van der Waals surface area (Å²) in [7, 11) is 3.87. The summed E-state index contributed by atoms with van der Waals surface area (Å²) in [6, 6.07) is 14.5. The third kappa shape index (κ3) is 3.58. The first kappa shape index (κ1) is 15.5. The zero-order chi connectivity index (χ0) is 16.1. The van der Waals surface area contributed by atoms with Gasteiger partial charge in [-0.1, -0.05) is 12.1 Å². The van der Waals surface area contributed by atoms with Crippen LogP contribution in [0.25, 0.3) is 6.08 Å². The number of ketones is 1. The Morgan fingerprint density at radius 2 is 1.68 bits per heavy atom. The monoisotopic (exact) mass is 294 g/mol. The van der Waals surface area contributed by atoms with Crippen molar-refractivity contribution in [2.75, 3.05) is 19.0 Å². The summed E-state index contributed by atoms with van der Waals surface area (Å²) in [4.78, 5) is 14.2. The molecule has 0 aromatic heterocycles. The molecule has 0 aliphatic rings. The number of Topliss-reactive ketones (excluding diaryl/α,β-unsaturated/α-hetero) is 1. The molecule has 2 aromatic carbocycles. The molecule has 0 amide bonds. The van der Waals surface area contributed by atoms with E-state index in [2.05, 4.69) is 0 Å². The van der Waals surface area contributed by atoms with E-state index in [0.29, 0.717) is 5.56 Å². The fraction of sp³-hybridized carbons (Fsp3) is 0.111. The Kier molecular flexibility index (Phi) is 4.70. The molecule has 0 atom stereocenters. The van der Waals surface area contributed by atoms with Gasteiger partial charge in [0.15, 0.2) is 0 Å². The second-order valence-corrected chi connectivity index (χ2v) is 4.99. The van der Waals surface area contributed by atoms with E-state index in [0.717, 1.165) is 11.3 Å². The van der Waals surface area contributed by atoms with Crippen LogP contribution in [0.1, 0.15) is 15.9 Å². The van der Waals surface area contributed by atoms with E-state index < -0.39 is 11.6 Å². The maximum absolute atomic E-state index is 12.9. The van der Waals surface area contributed by atoms with Crippen LogP contribution in [0.3, 0.4) is 0 Å². The first-order valence-corrected chi connectivity index (χ1v) is 6.70. The van der Waals surface area contributed by atoms with Crippen LogP contribution in [0, 0.1) is 17.1 Å². The average Bonchev–Trinajstić information content (AvgIpc) is 2.53. The van der Waals surface area contributed by atoms with Crippen molar-refractivity contribution in [3.05, 3.63) is 71.0 Å². The molecule has 2 aromatic rings. The molecule has 0 fully saturated rings. The zero-order valence-corrected chi connectivity index (χ0v) is 12.4. The quantitative estimate of drug-likeness (QED) is 0.491. The summed E-state index contributed by atoms with van der Waals surface area (Å²) < 4.78 is 12.9. The second-order valence-electron chi connectivity index (χ2n) is 4.99. The van der Waals surface area contributed by atoms with E-state index in [1.54, 1.807) is 0 Å². The average molecular weight is 294 g/mol. The van der Waals surface area contributed by atoms with Crippen molar-refractivity contribution in [1.29, 1.82) is 5.26 Å². The lowest BCUT2D eigenvalue weighted by Crippen LogP contribution is -2.08. The molecule has 0 radical (unpaired) electrons. The number of hydrogen-bond donors (Lipinski definition) is 0. The van der Waals surface area contributed by atoms with Gasteiger partial charge in [0.25, 0.3) is 0 Å². The third-order valence-corrected chi connectivity index (χ3v) is 3.19. The number of benzene rings is 2. The summed E-state index contributed by atoms with van der Waals surface area (Å²) >= 11 is 0. The molecule has 22 heavy (non-hydrogen) atoms. The van der Waals surface area contributed by atoms with Crippen molar-refractivity contribution in [1.82, 2.24) is 0 Å². The summed E-state index contributed by atoms with van der Waals surface area (Å²) in [5.41, 5.74) is 2.10. The number of nitrogens with zero attached hydrogens (tertiary/aromatic N) is 2. The Morgan fingerprint density at radius 3 is 2.18 bits per heavy atom. The summed E-state index contributed by atoms with van der Waals surface area (Å²) in [5.74, 6) is -0.836. The minimum atomic E-state index is -0.418. The first-order chi connectivity index (χ1) is 10.5. The van der Waals surface area contributed by atoms with Crippen LogP contribution in [0.5, 0.6) is 0 Å². The molecule has 0 spiro atoms. The van der Waals surface area contributed by atoms with E-state index in [-0.39, 0.29) is 5.57 Å². The van der Waals surface area contributed by atoms with E-state index >= 15 is 0 Å². The highest BCUT2D eigenvalue weighted by Gasteiger charge is 2.12. The topological polar surface area (TPSA) is 44.1 Å². The van der Waals surface area contributed by atoms with E-state index in [4.69, 9.17) is 0 Å². The molecule has 0 aliphatic heterocycles.